The summed E-state index contributed by atoms with van der Waals surface area (Å²) in [6.07, 6.45) is 26.0. The van der Waals surface area contributed by atoms with Gasteiger partial charge in [0, 0.05) is 11.5 Å². The van der Waals surface area contributed by atoms with E-state index in [0.717, 1.165) is 57.8 Å². The molecule has 1 heteroatoms. The van der Waals surface area contributed by atoms with Crippen molar-refractivity contribution >= 4 is 21.9 Å². The Morgan fingerprint density at radius 3 is 2.25 bits per heavy atom. The van der Waals surface area contributed by atoms with Gasteiger partial charge in [0.15, 0.2) is 0 Å². The van der Waals surface area contributed by atoms with Crippen molar-refractivity contribution in [2.75, 3.05) is 0 Å². The minimum Gasteiger partial charge on any atom is -0.324 e. The summed E-state index contributed by atoms with van der Waals surface area (Å²) < 4.78 is 0. The van der Waals surface area contributed by atoms with Crippen molar-refractivity contribution in [3.63, 3.8) is 0 Å². The van der Waals surface area contributed by atoms with Crippen LogP contribution in [0.2, 0.25) is 0 Å². The van der Waals surface area contributed by atoms with Gasteiger partial charge in [0.25, 0.3) is 0 Å². The highest BCUT2D eigenvalue weighted by atomic mass is 14.6. The predicted octanol–water partition coefficient (Wildman–Crippen LogP) is 15.2. The van der Waals surface area contributed by atoms with Crippen LogP contribution in [-0.2, 0) is 12.8 Å². The van der Waals surface area contributed by atoms with Crippen LogP contribution in [0.4, 0.5) is 0 Å². The number of hydrogen-bond acceptors (Lipinski definition) is 1. The molecule has 5 aromatic carbocycles. The van der Waals surface area contributed by atoms with Gasteiger partial charge in [-0.05, 0) is 141 Å². The lowest BCUT2D eigenvalue weighted by Crippen LogP contribution is -2.22. The largest absolute Gasteiger partial charge is 0.324 e. The van der Waals surface area contributed by atoms with Gasteiger partial charge in [-0.2, -0.15) is 0 Å². The van der Waals surface area contributed by atoms with E-state index in [4.69, 9.17) is 5.73 Å². The van der Waals surface area contributed by atoms with Gasteiger partial charge in [-0.15, -0.1) is 0 Å². The Kier molecular flexibility index (Phi) is 12.4. The van der Waals surface area contributed by atoms with E-state index < -0.39 is 0 Å². The van der Waals surface area contributed by atoms with E-state index in [0.29, 0.717) is 5.92 Å². The zero-order chi connectivity index (χ0) is 40.8. The Bertz CT molecular complexity index is 2500. The summed E-state index contributed by atoms with van der Waals surface area (Å²) in [5.74, 6) is 0.599. The second-order valence-electron chi connectivity index (χ2n) is 17.5. The fourth-order valence-electron chi connectivity index (χ4n) is 9.90. The van der Waals surface area contributed by atoms with E-state index in [1.54, 1.807) is 11.1 Å². The second-order valence-corrected chi connectivity index (χ2v) is 17.5. The summed E-state index contributed by atoms with van der Waals surface area (Å²) in [5.41, 5.74) is 25.3. The first-order chi connectivity index (χ1) is 28.8. The maximum absolute atomic E-state index is 7.07. The van der Waals surface area contributed by atoms with Crippen molar-refractivity contribution in [2.45, 2.75) is 91.5 Å². The number of fused-ring (bicyclic) bond motifs is 1. The van der Waals surface area contributed by atoms with Crippen molar-refractivity contribution in [1.82, 2.24) is 0 Å². The molecule has 0 saturated heterocycles. The van der Waals surface area contributed by atoms with E-state index >= 15 is 0 Å². The number of benzene rings is 5. The van der Waals surface area contributed by atoms with Crippen molar-refractivity contribution in [3.8, 4) is 11.1 Å². The van der Waals surface area contributed by atoms with Gasteiger partial charge in [-0.1, -0.05) is 197 Å². The molecule has 2 atom stereocenters. The van der Waals surface area contributed by atoms with Crippen LogP contribution in [0.25, 0.3) is 33.0 Å². The van der Waals surface area contributed by atoms with Crippen molar-refractivity contribution in [1.29, 1.82) is 0 Å². The van der Waals surface area contributed by atoms with Crippen LogP contribution in [0.1, 0.15) is 94.9 Å². The summed E-state index contributed by atoms with van der Waals surface area (Å²) in [6, 6.07) is 44.3. The smallest absolute Gasteiger partial charge is 0.0259 e. The number of allylic oxidation sites excluding steroid dienone is 13. The summed E-state index contributed by atoms with van der Waals surface area (Å²) in [5, 5.41) is 2.66. The number of hydrogen-bond donors (Lipinski definition) is 1. The summed E-state index contributed by atoms with van der Waals surface area (Å²) in [7, 11) is 0. The van der Waals surface area contributed by atoms with Crippen molar-refractivity contribution < 1.29 is 0 Å². The molecule has 0 heterocycles. The highest BCUT2D eigenvalue weighted by molar-refractivity contribution is 5.87. The fourth-order valence-corrected chi connectivity index (χ4v) is 9.90. The molecule has 0 aromatic heterocycles. The maximum Gasteiger partial charge on any atom is 0.0259 e. The monoisotopic (exact) mass is 771 g/mol. The Morgan fingerprint density at radius 1 is 0.780 bits per heavy atom. The van der Waals surface area contributed by atoms with E-state index in [9.17, 15) is 0 Å². The molecule has 0 spiro atoms. The van der Waals surface area contributed by atoms with Crippen LogP contribution in [0.3, 0.4) is 0 Å². The molecule has 8 rings (SSSR count). The van der Waals surface area contributed by atoms with E-state index in [1.807, 2.05) is 0 Å². The first-order valence-electron chi connectivity index (χ1n) is 22.2. The molecule has 3 aliphatic rings. The zero-order valence-corrected chi connectivity index (χ0v) is 35.7. The van der Waals surface area contributed by atoms with Gasteiger partial charge >= 0.3 is 0 Å². The van der Waals surface area contributed by atoms with Crippen LogP contribution >= 0.6 is 0 Å². The lowest BCUT2D eigenvalue weighted by atomic mass is 9.77. The average molecular weight is 772 g/mol. The molecule has 0 aliphatic heterocycles. The minimum absolute atomic E-state index is 0.0238. The Balaban J connectivity index is 1.08. The van der Waals surface area contributed by atoms with Crippen molar-refractivity contribution in [2.24, 2.45) is 17.1 Å². The van der Waals surface area contributed by atoms with Crippen LogP contribution in [0, 0.1) is 11.3 Å². The third-order valence-corrected chi connectivity index (χ3v) is 13.3. The molecule has 59 heavy (non-hydrogen) atoms. The summed E-state index contributed by atoms with van der Waals surface area (Å²) in [6.45, 7) is 9.52. The molecule has 298 valence electrons. The number of rotatable bonds is 13. The van der Waals surface area contributed by atoms with Crippen molar-refractivity contribution in [3.05, 3.63) is 214 Å². The molecule has 2 N–H and O–H groups in total. The maximum atomic E-state index is 7.07. The third kappa shape index (κ3) is 8.92. The van der Waals surface area contributed by atoms with Gasteiger partial charge in [-0.3, -0.25) is 0 Å². The first kappa shape index (κ1) is 40.3. The highest BCUT2D eigenvalue weighted by Crippen LogP contribution is 2.52. The lowest BCUT2D eigenvalue weighted by molar-refractivity contribution is 0.564. The van der Waals surface area contributed by atoms with Crippen LogP contribution < -0.4 is 5.73 Å². The van der Waals surface area contributed by atoms with E-state index in [2.05, 4.69) is 192 Å². The summed E-state index contributed by atoms with van der Waals surface area (Å²) in [4.78, 5) is 0. The average Bonchev–Trinajstić information content (AvgIpc) is 3.40. The Labute approximate surface area is 354 Å². The van der Waals surface area contributed by atoms with Crippen LogP contribution in [0.5, 0.6) is 0 Å². The van der Waals surface area contributed by atoms with Gasteiger partial charge in [0.1, 0.15) is 0 Å². The van der Waals surface area contributed by atoms with Crippen LogP contribution in [-0.4, -0.2) is 6.04 Å². The molecule has 0 amide bonds. The molecular weight excluding hydrogens is 711 g/mol. The molecule has 0 radical (unpaired) electrons. The molecule has 2 unspecified atom stereocenters. The summed E-state index contributed by atoms with van der Waals surface area (Å²) >= 11 is 0. The molecule has 3 aliphatic carbocycles. The molecule has 0 saturated carbocycles. The highest BCUT2D eigenvalue weighted by Gasteiger charge is 2.38. The molecular formula is C58H61N. The van der Waals surface area contributed by atoms with Gasteiger partial charge < -0.3 is 5.73 Å². The van der Waals surface area contributed by atoms with Gasteiger partial charge in [0.05, 0.1) is 0 Å². The lowest BCUT2D eigenvalue weighted by Gasteiger charge is -2.26. The minimum atomic E-state index is 0.0238. The molecule has 1 nitrogen and oxygen atoms in total. The van der Waals surface area contributed by atoms with Gasteiger partial charge in [0.2, 0.25) is 0 Å². The molecule has 0 fully saturated rings. The van der Waals surface area contributed by atoms with Gasteiger partial charge in [-0.25, -0.2) is 0 Å². The third-order valence-electron chi connectivity index (χ3n) is 13.3. The van der Waals surface area contributed by atoms with Crippen LogP contribution in [0.15, 0.2) is 192 Å². The second kappa shape index (κ2) is 18.2. The number of nitrogens with two attached hydrogens (primary N) is 1. The quantitative estimate of drug-likeness (QED) is 0.127. The Morgan fingerprint density at radius 2 is 1.49 bits per heavy atom. The molecule has 0 bridgehead atoms. The zero-order valence-electron chi connectivity index (χ0n) is 35.7. The SMILES string of the molecule is CCC1=C(/C=C\Cc2c(C/C=C(\CCC(N)C3=CC=C(c4ccccc4)CCC3)c3ccc(-c4ccccc4)cc3)ccc3ccccc23)C(C)(C)C2=C1CC(C)C=C2. The predicted molar refractivity (Wildman–Crippen MR) is 255 cm³/mol. The standard InChI is InChI=1S/C58H61N/c1-5-51-54-40-41(2)26-38-56(54)58(3,4)55(51)25-15-24-53-49(35-34-48-20-12-13-23-52(48)53)33-31-47(46-29-27-45(28-30-46)43-18-10-7-11-19-43)37-39-57(59)50-22-14-21-44(32-36-50)42-16-8-6-9-17-42/h6-13,15-20,23,25-32,34-36,38,41,57H,5,14,21-22,24,33,37,39-40,59H2,1-4H3/b25-15-,47-31+. The Hall–Kier alpha value is -5.50. The van der Waals surface area contributed by atoms with E-state index in [1.165, 1.54) is 72.0 Å². The van der Waals surface area contributed by atoms with E-state index in [-0.39, 0.29) is 11.5 Å². The topological polar surface area (TPSA) is 26.0 Å². The normalized spacial score (nSPS) is 18.6. The molecule has 5 aromatic rings. The fraction of sp³-hybridized carbons (Fsp3) is 0.276. The first-order valence-corrected chi connectivity index (χ1v) is 22.2.